The highest BCUT2D eigenvalue weighted by Gasteiger charge is 2.40. The molecule has 0 saturated carbocycles. The third-order valence-corrected chi connectivity index (χ3v) is 3.51. The standard InChI is InChI=1S/C10H13NO6S/c1-18(16,17)7-4-2-6(3-5-7)8(12)10(11,15)9(13)14/h2-5,8,12,15H,11H2,1H3,(H,13,14)/t8-,10-/m1/s1. The van der Waals surface area contributed by atoms with Crippen molar-refractivity contribution >= 4 is 15.8 Å². The summed E-state index contributed by atoms with van der Waals surface area (Å²) in [6.07, 6.45) is -0.863. The van der Waals surface area contributed by atoms with Crippen molar-refractivity contribution in [3.8, 4) is 0 Å². The summed E-state index contributed by atoms with van der Waals surface area (Å²) < 4.78 is 22.4. The van der Waals surface area contributed by atoms with Crippen LogP contribution in [0.3, 0.4) is 0 Å². The molecule has 0 aromatic heterocycles. The first kappa shape index (κ1) is 14.6. The molecule has 1 aromatic carbocycles. The lowest BCUT2D eigenvalue weighted by atomic mass is 10.00. The lowest BCUT2D eigenvalue weighted by molar-refractivity contribution is -0.171. The van der Waals surface area contributed by atoms with Crippen LogP contribution in [-0.4, -0.2) is 41.7 Å². The van der Waals surface area contributed by atoms with E-state index in [0.29, 0.717) is 0 Å². The van der Waals surface area contributed by atoms with Gasteiger partial charge in [0.25, 0.3) is 0 Å². The Morgan fingerprint density at radius 1 is 1.33 bits per heavy atom. The summed E-state index contributed by atoms with van der Waals surface area (Å²) in [5.74, 6) is -1.79. The predicted octanol–water partition coefficient (Wildman–Crippen LogP) is -1.14. The summed E-state index contributed by atoms with van der Waals surface area (Å²) in [5, 5.41) is 27.6. The molecule has 0 heterocycles. The molecule has 0 radical (unpaired) electrons. The maximum absolute atomic E-state index is 11.2. The van der Waals surface area contributed by atoms with Crippen molar-refractivity contribution in [3.63, 3.8) is 0 Å². The number of aliphatic carboxylic acids is 1. The number of carboxylic acids is 1. The van der Waals surface area contributed by atoms with Crippen molar-refractivity contribution in [2.45, 2.75) is 16.7 Å². The number of nitrogens with two attached hydrogens (primary N) is 1. The zero-order valence-electron chi connectivity index (χ0n) is 9.44. The minimum atomic E-state index is -3.39. The van der Waals surface area contributed by atoms with Gasteiger partial charge in [-0.2, -0.15) is 0 Å². The van der Waals surface area contributed by atoms with Crippen LogP contribution in [0.5, 0.6) is 0 Å². The number of aliphatic hydroxyl groups is 2. The first-order valence-electron chi connectivity index (χ1n) is 4.79. The van der Waals surface area contributed by atoms with E-state index >= 15 is 0 Å². The summed E-state index contributed by atoms with van der Waals surface area (Å²) in [5.41, 5.74) is 2.20. The summed E-state index contributed by atoms with van der Waals surface area (Å²) in [6, 6.07) is 4.74. The minimum absolute atomic E-state index is 0.00481. The molecular formula is C10H13NO6S. The van der Waals surface area contributed by atoms with Gasteiger partial charge in [0.15, 0.2) is 9.84 Å². The molecule has 100 valence electrons. The van der Waals surface area contributed by atoms with Crippen LogP contribution in [0.4, 0.5) is 0 Å². The van der Waals surface area contributed by atoms with Gasteiger partial charge >= 0.3 is 5.97 Å². The Morgan fingerprint density at radius 2 is 1.78 bits per heavy atom. The molecule has 18 heavy (non-hydrogen) atoms. The lowest BCUT2D eigenvalue weighted by Gasteiger charge is -2.24. The number of hydrogen-bond donors (Lipinski definition) is 4. The maximum Gasteiger partial charge on any atom is 0.354 e. The van der Waals surface area contributed by atoms with Gasteiger partial charge in [0.2, 0.25) is 5.72 Å². The molecule has 0 aliphatic rings. The number of rotatable bonds is 4. The second-order valence-electron chi connectivity index (χ2n) is 3.87. The molecule has 0 amide bonds. The topological polar surface area (TPSA) is 138 Å². The number of hydrogen-bond acceptors (Lipinski definition) is 6. The van der Waals surface area contributed by atoms with Crippen LogP contribution >= 0.6 is 0 Å². The van der Waals surface area contributed by atoms with Crippen LogP contribution in [0.2, 0.25) is 0 Å². The molecule has 1 aromatic rings. The number of aliphatic hydroxyl groups excluding tert-OH is 1. The second-order valence-corrected chi connectivity index (χ2v) is 5.89. The van der Waals surface area contributed by atoms with Gasteiger partial charge in [-0.25, -0.2) is 13.2 Å². The Bertz CT molecular complexity index is 548. The zero-order valence-corrected chi connectivity index (χ0v) is 10.3. The summed E-state index contributed by atoms with van der Waals surface area (Å²) in [6.45, 7) is 0. The Hall–Kier alpha value is -1.48. The van der Waals surface area contributed by atoms with Crippen LogP contribution in [-0.2, 0) is 14.6 Å². The summed E-state index contributed by atoms with van der Waals surface area (Å²) in [4.78, 5) is 10.6. The highest BCUT2D eigenvalue weighted by Crippen LogP contribution is 2.23. The molecular weight excluding hydrogens is 262 g/mol. The number of benzene rings is 1. The van der Waals surface area contributed by atoms with Crippen molar-refractivity contribution in [1.29, 1.82) is 0 Å². The molecule has 0 bridgehead atoms. The van der Waals surface area contributed by atoms with Gasteiger partial charge in [-0.05, 0) is 17.7 Å². The molecule has 0 spiro atoms. The van der Waals surface area contributed by atoms with Crippen LogP contribution in [0, 0.1) is 0 Å². The molecule has 0 aliphatic heterocycles. The van der Waals surface area contributed by atoms with Crippen LogP contribution in [0.25, 0.3) is 0 Å². The summed E-state index contributed by atoms with van der Waals surface area (Å²) in [7, 11) is -3.39. The van der Waals surface area contributed by atoms with Gasteiger partial charge in [-0.15, -0.1) is 0 Å². The Morgan fingerprint density at radius 3 is 2.11 bits per heavy atom. The number of sulfone groups is 1. The van der Waals surface area contributed by atoms with Crippen molar-refractivity contribution in [1.82, 2.24) is 0 Å². The first-order chi connectivity index (χ1) is 8.06. The highest BCUT2D eigenvalue weighted by atomic mass is 32.2. The van der Waals surface area contributed by atoms with E-state index in [9.17, 15) is 23.4 Å². The van der Waals surface area contributed by atoms with E-state index in [4.69, 9.17) is 10.8 Å². The largest absolute Gasteiger partial charge is 0.478 e. The van der Waals surface area contributed by atoms with Crippen molar-refractivity contribution < 1.29 is 28.5 Å². The maximum atomic E-state index is 11.2. The van der Waals surface area contributed by atoms with Crippen molar-refractivity contribution in [2.24, 2.45) is 5.73 Å². The second kappa shape index (κ2) is 4.65. The van der Waals surface area contributed by atoms with E-state index < -0.39 is 27.6 Å². The van der Waals surface area contributed by atoms with Crippen LogP contribution < -0.4 is 5.73 Å². The molecule has 0 unspecified atom stereocenters. The van der Waals surface area contributed by atoms with Gasteiger partial charge in [-0.1, -0.05) is 12.1 Å². The third kappa shape index (κ3) is 2.85. The van der Waals surface area contributed by atoms with Gasteiger partial charge in [0.1, 0.15) is 6.10 Å². The van der Waals surface area contributed by atoms with E-state index in [1.807, 2.05) is 0 Å². The Balaban J connectivity index is 3.10. The van der Waals surface area contributed by atoms with Gasteiger partial charge in [0.05, 0.1) is 4.90 Å². The molecule has 5 N–H and O–H groups in total. The average molecular weight is 275 g/mol. The zero-order chi connectivity index (χ0) is 14.1. The van der Waals surface area contributed by atoms with Gasteiger partial charge in [0, 0.05) is 6.26 Å². The van der Waals surface area contributed by atoms with E-state index in [1.54, 1.807) is 0 Å². The van der Waals surface area contributed by atoms with E-state index in [0.717, 1.165) is 6.26 Å². The Kier molecular flexibility index (Phi) is 3.77. The smallest absolute Gasteiger partial charge is 0.354 e. The predicted molar refractivity (Wildman–Crippen MR) is 61.3 cm³/mol. The molecule has 0 saturated heterocycles. The van der Waals surface area contributed by atoms with E-state index in [-0.39, 0.29) is 10.5 Å². The fraction of sp³-hybridized carbons (Fsp3) is 0.300. The normalized spacial score (nSPS) is 16.9. The molecule has 1 rings (SSSR count). The molecule has 0 aliphatic carbocycles. The fourth-order valence-electron chi connectivity index (χ4n) is 1.27. The van der Waals surface area contributed by atoms with E-state index in [2.05, 4.69) is 0 Å². The van der Waals surface area contributed by atoms with Crippen LogP contribution in [0.1, 0.15) is 11.7 Å². The number of carbonyl (C=O) groups is 1. The fourth-order valence-corrected chi connectivity index (χ4v) is 1.90. The minimum Gasteiger partial charge on any atom is -0.478 e. The highest BCUT2D eigenvalue weighted by molar-refractivity contribution is 7.90. The molecule has 8 heteroatoms. The quantitative estimate of drug-likeness (QED) is 0.509. The molecule has 2 atom stereocenters. The first-order valence-corrected chi connectivity index (χ1v) is 6.68. The molecule has 0 fully saturated rings. The summed E-state index contributed by atoms with van der Waals surface area (Å²) >= 11 is 0. The number of carboxylic acid groups (broad SMARTS) is 1. The van der Waals surface area contributed by atoms with Gasteiger partial charge < -0.3 is 15.3 Å². The van der Waals surface area contributed by atoms with Crippen molar-refractivity contribution in [3.05, 3.63) is 29.8 Å². The molecule has 7 nitrogen and oxygen atoms in total. The van der Waals surface area contributed by atoms with Crippen LogP contribution in [0.15, 0.2) is 29.2 Å². The third-order valence-electron chi connectivity index (χ3n) is 2.38. The lowest BCUT2D eigenvalue weighted by Crippen LogP contribution is -2.52. The monoisotopic (exact) mass is 275 g/mol. The Labute approximate surface area is 103 Å². The van der Waals surface area contributed by atoms with E-state index in [1.165, 1.54) is 24.3 Å². The van der Waals surface area contributed by atoms with Gasteiger partial charge in [-0.3, -0.25) is 5.73 Å². The van der Waals surface area contributed by atoms with Crippen molar-refractivity contribution in [2.75, 3.05) is 6.26 Å². The SMILES string of the molecule is CS(=O)(=O)c1ccc([C@@H](O)[C@@](N)(O)C(=O)O)cc1. The average Bonchev–Trinajstić information content (AvgIpc) is 2.26.